The normalized spacial score (nSPS) is 11.7. The van der Waals surface area contributed by atoms with Crippen molar-refractivity contribution in [1.82, 2.24) is 9.97 Å². The lowest BCUT2D eigenvalue weighted by molar-refractivity contribution is 0.243. The van der Waals surface area contributed by atoms with E-state index in [2.05, 4.69) is 27.5 Å². The molecule has 0 spiro atoms. The number of para-hydroxylation sites is 1. The van der Waals surface area contributed by atoms with Gasteiger partial charge in [-0.05, 0) is 76.4 Å². The fourth-order valence-electron chi connectivity index (χ4n) is 3.40. The van der Waals surface area contributed by atoms with Crippen molar-refractivity contribution in [2.24, 2.45) is 0 Å². The molecule has 3 aromatic rings. The van der Waals surface area contributed by atoms with Gasteiger partial charge in [0.2, 0.25) is 5.95 Å². The van der Waals surface area contributed by atoms with Gasteiger partial charge in [-0.25, -0.2) is 13.4 Å². The van der Waals surface area contributed by atoms with E-state index in [0.717, 1.165) is 17.7 Å². The van der Waals surface area contributed by atoms with Gasteiger partial charge < -0.3 is 15.4 Å². The molecule has 182 valence electrons. The number of ether oxygens (including phenoxy) is 1. The standard InChI is InChI=1S/C25H31ClN4O3S/c1-7-18-13-22(33-15(2)3)21(12-17(18)6)29-25-27-14-19(26)24(30-25)28-20-10-8-9-11-23(20)34(31,32)16(4)5/h8-16H,7H2,1-6H3,(H2,27,28,29,30). The molecule has 0 aliphatic rings. The third-order valence-corrected chi connectivity index (χ3v) is 7.73. The summed E-state index contributed by atoms with van der Waals surface area (Å²) in [7, 11) is -3.51. The van der Waals surface area contributed by atoms with Crippen LogP contribution in [0.3, 0.4) is 0 Å². The molecule has 0 aliphatic heterocycles. The Balaban J connectivity index is 1.98. The Hall–Kier alpha value is -2.84. The molecule has 2 N–H and O–H groups in total. The number of anilines is 4. The number of nitrogens with one attached hydrogen (secondary N) is 2. The average Bonchev–Trinajstić information content (AvgIpc) is 2.77. The molecular weight excluding hydrogens is 472 g/mol. The van der Waals surface area contributed by atoms with Crippen LogP contribution in [0.1, 0.15) is 45.7 Å². The number of rotatable bonds is 9. The van der Waals surface area contributed by atoms with Crippen LogP contribution in [-0.2, 0) is 16.3 Å². The number of aryl methyl sites for hydroxylation is 2. The van der Waals surface area contributed by atoms with E-state index >= 15 is 0 Å². The van der Waals surface area contributed by atoms with Crippen molar-refractivity contribution in [2.75, 3.05) is 10.6 Å². The zero-order valence-electron chi connectivity index (χ0n) is 20.3. The Kier molecular flexibility index (Phi) is 8.05. The number of aromatic nitrogens is 2. The summed E-state index contributed by atoms with van der Waals surface area (Å²) in [5, 5.41) is 5.99. The van der Waals surface area contributed by atoms with E-state index in [1.807, 2.05) is 32.9 Å². The second-order valence-corrected chi connectivity index (χ2v) is 11.4. The monoisotopic (exact) mass is 502 g/mol. The van der Waals surface area contributed by atoms with E-state index < -0.39 is 15.1 Å². The summed E-state index contributed by atoms with van der Waals surface area (Å²) >= 11 is 6.35. The molecule has 0 atom stereocenters. The van der Waals surface area contributed by atoms with Crippen molar-refractivity contribution in [3.63, 3.8) is 0 Å². The second-order valence-electron chi connectivity index (χ2n) is 8.53. The molecule has 1 aromatic heterocycles. The predicted octanol–water partition coefficient (Wildman–Crippen LogP) is 6.46. The molecule has 0 aliphatic carbocycles. The molecule has 0 fully saturated rings. The van der Waals surface area contributed by atoms with Crippen LogP contribution in [-0.4, -0.2) is 29.7 Å². The summed E-state index contributed by atoms with van der Waals surface area (Å²) in [6.07, 6.45) is 2.36. The molecule has 7 nitrogen and oxygen atoms in total. The minimum absolute atomic E-state index is 0.00395. The predicted molar refractivity (Wildman–Crippen MR) is 139 cm³/mol. The minimum atomic E-state index is -3.51. The Bertz CT molecular complexity index is 1280. The summed E-state index contributed by atoms with van der Waals surface area (Å²) < 4.78 is 31.6. The van der Waals surface area contributed by atoms with Gasteiger partial charge in [-0.3, -0.25) is 0 Å². The molecule has 2 aromatic carbocycles. The van der Waals surface area contributed by atoms with E-state index in [1.165, 1.54) is 11.8 Å². The number of hydrogen-bond donors (Lipinski definition) is 2. The first-order valence-corrected chi connectivity index (χ1v) is 13.1. The van der Waals surface area contributed by atoms with Gasteiger partial charge in [-0.1, -0.05) is 30.7 Å². The fraction of sp³-hybridized carbons (Fsp3) is 0.360. The van der Waals surface area contributed by atoms with Crippen molar-refractivity contribution >= 4 is 44.6 Å². The van der Waals surface area contributed by atoms with Gasteiger partial charge in [0.15, 0.2) is 15.7 Å². The third-order valence-electron chi connectivity index (χ3n) is 5.24. The largest absolute Gasteiger partial charge is 0.489 e. The van der Waals surface area contributed by atoms with E-state index in [9.17, 15) is 8.42 Å². The molecule has 3 rings (SSSR count). The van der Waals surface area contributed by atoms with Gasteiger partial charge in [0.25, 0.3) is 0 Å². The highest BCUT2D eigenvalue weighted by atomic mass is 35.5. The maximum atomic E-state index is 12.8. The van der Waals surface area contributed by atoms with E-state index in [4.69, 9.17) is 16.3 Å². The van der Waals surface area contributed by atoms with Crippen molar-refractivity contribution < 1.29 is 13.2 Å². The molecule has 34 heavy (non-hydrogen) atoms. The van der Waals surface area contributed by atoms with Crippen LogP contribution in [0.15, 0.2) is 47.5 Å². The second kappa shape index (κ2) is 10.6. The summed E-state index contributed by atoms with van der Waals surface area (Å²) in [6, 6.07) is 10.7. The van der Waals surface area contributed by atoms with Gasteiger partial charge >= 0.3 is 0 Å². The average molecular weight is 503 g/mol. The van der Waals surface area contributed by atoms with Crippen LogP contribution < -0.4 is 15.4 Å². The lowest BCUT2D eigenvalue weighted by Crippen LogP contribution is -2.15. The Labute approximate surface area is 206 Å². The van der Waals surface area contributed by atoms with Gasteiger partial charge in [0.05, 0.1) is 33.8 Å². The van der Waals surface area contributed by atoms with Crippen LogP contribution in [0, 0.1) is 6.92 Å². The van der Waals surface area contributed by atoms with Crippen LogP contribution in [0.2, 0.25) is 5.02 Å². The van der Waals surface area contributed by atoms with Crippen LogP contribution in [0.25, 0.3) is 0 Å². The maximum absolute atomic E-state index is 12.8. The van der Waals surface area contributed by atoms with Gasteiger partial charge in [-0.15, -0.1) is 0 Å². The van der Waals surface area contributed by atoms with Crippen LogP contribution in [0.4, 0.5) is 23.1 Å². The number of nitrogens with zero attached hydrogens (tertiary/aromatic N) is 2. The quantitative estimate of drug-likeness (QED) is 0.347. The number of benzene rings is 2. The lowest BCUT2D eigenvalue weighted by Gasteiger charge is -2.18. The molecular formula is C25H31ClN4O3S. The minimum Gasteiger partial charge on any atom is -0.489 e. The molecule has 0 saturated carbocycles. The van der Waals surface area contributed by atoms with Crippen molar-refractivity contribution in [2.45, 2.75) is 64.2 Å². The Morgan fingerprint density at radius 1 is 1.06 bits per heavy atom. The number of sulfone groups is 1. The van der Waals surface area contributed by atoms with E-state index in [0.29, 0.717) is 23.2 Å². The fourth-order valence-corrected chi connectivity index (χ4v) is 4.74. The van der Waals surface area contributed by atoms with Crippen molar-refractivity contribution in [3.05, 3.63) is 58.7 Å². The first-order chi connectivity index (χ1) is 16.0. The highest BCUT2D eigenvalue weighted by Gasteiger charge is 2.23. The molecule has 1 heterocycles. The highest BCUT2D eigenvalue weighted by Crippen LogP contribution is 2.34. The molecule has 0 saturated heterocycles. The number of halogens is 1. The molecule has 0 bridgehead atoms. The highest BCUT2D eigenvalue weighted by molar-refractivity contribution is 7.92. The zero-order valence-corrected chi connectivity index (χ0v) is 21.9. The SMILES string of the molecule is CCc1cc(OC(C)C)c(Nc2ncc(Cl)c(Nc3ccccc3S(=O)(=O)C(C)C)n2)cc1C. The maximum Gasteiger partial charge on any atom is 0.229 e. The summed E-state index contributed by atoms with van der Waals surface area (Å²) in [4.78, 5) is 9.00. The van der Waals surface area contributed by atoms with Gasteiger partial charge in [-0.2, -0.15) is 4.98 Å². The van der Waals surface area contributed by atoms with Crippen LogP contribution in [0.5, 0.6) is 5.75 Å². The summed E-state index contributed by atoms with van der Waals surface area (Å²) in [5.41, 5.74) is 3.46. The van der Waals surface area contributed by atoms with Gasteiger partial charge in [0.1, 0.15) is 10.8 Å². The summed E-state index contributed by atoms with van der Waals surface area (Å²) in [6.45, 7) is 11.4. The third kappa shape index (κ3) is 5.80. The molecule has 0 unspecified atom stereocenters. The Morgan fingerprint density at radius 2 is 1.76 bits per heavy atom. The summed E-state index contributed by atoms with van der Waals surface area (Å²) in [5.74, 6) is 1.30. The number of hydrogen-bond acceptors (Lipinski definition) is 7. The topological polar surface area (TPSA) is 93.2 Å². The molecule has 0 radical (unpaired) electrons. The van der Waals surface area contributed by atoms with Crippen molar-refractivity contribution in [3.8, 4) is 5.75 Å². The van der Waals surface area contributed by atoms with Gasteiger partial charge in [0, 0.05) is 0 Å². The van der Waals surface area contributed by atoms with Crippen LogP contribution >= 0.6 is 11.6 Å². The van der Waals surface area contributed by atoms with Crippen molar-refractivity contribution in [1.29, 1.82) is 0 Å². The smallest absolute Gasteiger partial charge is 0.229 e. The van der Waals surface area contributed by atoms with E-state index in [-0.39, 0.29) is 16.0 Å². The Morgan fingerprint density at radius 3 is 2.41 bits per heavy atom. The van der Waals surface area contributed by atoms with E-state index in [1.54, 1.807) is 38.1 Å². The first-order valence-electron chi connectivity index (χ1n) is 11.2. The lowest BCUT2D eigenvalue weighted by atomic mass is 10.0. The molecule has 0 amide bonds. The molecule has 9 heteroatoms. The first kappa shape index (κ1) is 25.8. The zero-order chi connectivity index (χ0) is 25.0.